The first-order valence-corrected chi connectivity index (χ1v) is 3.23. The smallest absolute Gasteiger partial charge is 0.366 e. The monoisotopic (exact) mass is 164 g/mol. The third-order valence-corrected chi connectivity index (χ3v) is 1.41. The van der Waals surface area contributed by atoms with Crippen molar-refractivity contribution in [3.05, 3.63) is 35.4 Å². The molecule has 1 aromatic rings. The highest BCUT2D eigenvalue weighted by molar-refractivity contribution is 6.03. The molecule has 0 bridgehead atoms. The van der Waals surface area contributed by atoms with Crippen LogP contribution in [0.25, 0.3) is 0 Å². The lowest BCUT2D eigenvalue weighted by Crippen LogP contribution is -2.15. The zero-order chi connectivity index (χ0) is 9.14. The van der Waals surface area contributed by atoms with E-state index in [1.165, 1.54) is 24.3 Å². The summed E-state index contributed by atoms with van der Waals surface area (Å²) in [6, 6.07) is 5.65. The molecule has 1 radical (unpaired) electrons. The van der Waals surface area contributed by atoms with Gasteiger partial charge in [0.1, 0.15) is 0 Å². The van der Waals surface area contributed by atoms with E-state index in [0.717, 1.165) is 0 Å². The second-order valence-electron chi connectivity index (χ2n) is 2.20. The molecule has 0 aliphatic heterocycles. The largest absolute Gasteiger partial charge is 0.387 e. The predicted molar refractivity (Wildman–Crippen MR) is 40.0 cm³/mol. The minimum Gasteiger partial charge on any atom is -0.366 e. The van der Waals surface area contributed by atoms with Gasteiger partial charge in [-0.25, -0.2) is 9.90 Å². The van der Waals surface area contributed by atoms with Crippen molar-refractivity contribution in [3.8, 4) is 0 Å². The van der Waals surface area contributed by atoms with Crippen molar-refractivity contribution < 1.29 is 14.7 Å². The summed E-state index contributed by atoms with van der Waals surface area (Å²) in [5.74, 6) is -2.17. The minimum absolute atomic E-state index is 0.0301. The molecule has 1 rings (SSSR count). The van der Waals surface area contributed by atoms with Crippen molar-refractivity contribution in [3.63, 3.8) is 0 Å². The molecule has 0 heterocycles. The van der Waals surface area contributed by atoms with Gasteiger partial charge in [0.05, 0.1) is 11.1 Å². The van der Waals surface area contributed by atoms with Crippen LogP contribution in [0.2, 0.25) is 0 Å². The summed E-state index contributed by atoms with van der Waals surface area (Å²) in [6.07, 6.45) is 0. The molecule has 1 aromatic carbocycles. The summed E-state index contributed by atoms with van der Waals surface area (Å²) < 4.78 is 0. The molecule has 2 N–H and O–H groups in total. The van der Waals surface area contributed by atoms with Crippen molar-refractivity contribution in [1.82, 2.24) is 0 Å². The lowest BCUT2D eigenvalue weighted by Gasteiger charge is -1.97. The quantitative estimate of drug-likeness (QED) is 0.684. The third-order valence-electron chi connectivity index (χ3n) is 1.41. The zero-order valence-corrected chi connectivity index (χ0v) is 6.11. The van der Waals surface area contributed by atoms with Gasteiger partial charge >= 0.3 is 5.97 Å². The Hall–Kier alpha value is -1.84. The van der Waals surface area contributed by atoms with Gasteiger partial charge in [-0.1, -0.05) is 12.1 Å². The number of nitrogens with two attached hydrogens (primary N) is 1. The summed E-state index contributed by atoms with van der Waals surface area (Å²) >= 11 is 0. The summed E-state index contributed by atoms with van der Waals surface area (Å²) in [5.41, 5.74) is 4.72. The maximum atomic E-state index is 10.7. The van der Waals surface area contributed by atoms with Crippen LogP contribution in [0.3, 0.4) is 0 Å². The van der Waals surface area contributed by atoms with E-state index in [1.807, 2.05) is 0 Å². The van der Waals surface area contributed by atoms with Crippen LogP contribution < -0.4 is 5.73 Å². The molecule has 0 spiro atoms. The van der Waals surface area contributed by atoms with Crippen LogP contribution in [0.5, 0.6) is 0 Å². The fraction of sp³-hybridized carbons (Fsp3) is 0. The number of carbonyl (C=O) groups excluding carboxylic acids is 2. The minimum atomic E-state index is -1.40. The van der Waals surface area contributed by atoms with E-state index in [-0.39, 0.29) is 11.1 Å². The molecule has 0 unspecified atom stereocenters. The standard InChI is InChI=1S/C8H6NO3/c9-7(10)5-3-1-2-4-6(5)8(11)12/h1-4H,(H2,9,10). The number of primary amides is 1. The highest BCUT2D eigenvalue weighted by atomic mass is 16.4. The maximum Gasteiger partial charge on any atom is 0.387 e. The lowest BCUT2D eigenvalue weighted by atomic mass is 10.1. The Balaban J connectivity index is 3.27. The van der Waals surface area contributed by atoms with Gasteiger partial charge in [-0.2, -0.15) is 0 Å². The highest BCUT2D eigenvalue weighted by Crippen LogP contribution is 2.07. The molecule has 0 aliphatic carbocycles. The van der Waals surface area contributed by atoms with Crippen molar-refractivity contribution >= 4 is 11.9 Å². The van der Waals surface area contributed by atoms with Crippen molar-refractivity contribution in [2.24, 2.45) is 5.73 Å². The summed E-state index contributed by atoms with van der Waals surface area (Å²) in [6.45, 7) is 0. The van der Waals surface area contributed by atoms with Crippen molar-refractivity contribution in [2.75, 3.05) is 0 Å². The molecule has 0 saturated heterocycles. The highest BCUT2D eigenvalue weighted by Gasteiger charge is 2.13. The second-order valence-corrected chi connectivity index (χ2v) is 2.20. The molecule has 4 heteroatoms. The number of hydrogen-bond donors (Lipinski definition) is 1. The molecular formula is C8H6NO3. The van der Waals surface area contributed by atoms with E-state index in [0.29, 0.717) is 0 Å². The van der Waals surface area contributed by atoms with Crippen molar-refractivity contribution in [1.29, 1.82) is 0 Å². The summed E-state index contributed by atoms with van der Waals surface area (Å²) in [7, 11) is 0. The van der Waals surface area contributed by atoms with Crippen LogP contribution in [0.1, 0.15) is 20.7 Å². The number of amides is 1. The predicted octanol–water partition coefficient (Wildman–Crippen LogP) is 0.356. The Kier molecular flexibility index (Phi) is 2.09. The van der Waals surface area contributed by atoms with Crippen LogP contribution in [0.15, 0.2) is 24.3 Å². The third kappa shape index (κ3) is 1.42. The van der Waals surface area contributed by atoms with E-state index >= 15 is 0 Å². The normalized spacial score (nSPS) is 9.33. The van der Waals surface area contributed by atoms with Gasteiger partial charge in [-0.05, 0) is 12.1 Å². The number of hydrogen-bond acceptors (Lipinski definition) is 2. The van der Waals surface area contributed by atoms with Crippen LogP contribution in [0, 0.1) is 0 Å². The molecular weight excluding hydrogens is 158 g/mol. The summed E-state index contributed by atoms with van der Waals surface area (Å²) in [5, 5.41) is 10.4. The van der Waals surface area contributed by atoms with E-state index < -0.39 is 11.9 Å². The van der Waals surface area contributed by atoms with Crippen LogP contribution in [-0.2, 0) is 5.11 Å². The Bertz CT molecular complexity index is 300. The van der Waals surface area contributed by atoms with Gasteiger partial charge in [0.15, 0.2) is 0 Å². The number of carbonyl (C=O) groups is 2. The molecule has 0 aliphatic rings. The zero-order valence-electron chi connectivity index (χ0n) is 6.11. The van der Waals surface area contributed by atoms with Gasteiger partial charge in [-0.15, -0.1) is 0 Å². The van der Waals surface area contributed by atoms with Gasteiger partial charge < -0.3 is 5.73 Å². The van der Waals surface area contributed by atoms with E-state index in [1.54, 1.807) is 0 Å². The topological polar surface area (TPSA) is 80.1 Å². The number of benzene rings is 1. The van der Waals surface area contributed by atoms with E-state index in [2.05, 4.69) is 0 Å². The van der Waals surface area contributed by atoms with Gasteiger partial charge in [0, 0.05) is 0 Å². The molecule has 4 nitrogen and oxygen atoms in total. The fourth-order valence-electron chi connectivity index (χ4n) is 0.876. The van der Waals surface area contributed by atoms with E-state index in [4.69, 9.17) is 5.73 Å². The Labute approximate surface area is 68.6 Å². The number of rotatable bonds is 2. The first-order valence-electron chi connectivity index (χ1n) is 3.23. The fourth-order valence-corrected chi connectivity index (χ4v) is 0.876. The van der Waals surface area contributed by atoms with Crippen LogP contribution in [-0.4, -0.2) is 11.9 Å². The van der Waals surface area contributed by atoms with Gasteiger partial charge in [0.25, 0.3) is 0 Å². The Morgan fingerprint density at radius 3 is 1.92 bits per heavy atom. The first kappa shape index (κ1) is 8.26. The first-order chi connectivity index (χ1) is 5.63. The molecule has 0 fully saturated rings. The average Bonchev–Trinajstić information content (AvgIpc) is 2.04. The molecule has 61 valence electrons. The van der Waals surface area contributed by atoms with Gasteiger partial charge in [0.2, 0.25) is 5.91 Å². The second kappa shape index (κ2) is 3.04. The molecule has 0 aromatic heterocycles. The lowest BCUT2D eigenvalue weighted by molar-refractivity contribution is 0.0569. The van der Waals surface area contributed by atoms with E-state index in [9.17, 15) is 14.7 Å². The maximum absolute atomic E-state index is 10.7. The molecule has 12 heavy (non-hydrogen) atoms. The van der Waals surface area contributed by atoms with Gasteiger partial charge in [-0.3, -0.25) is 4.79 Å². The molecule has 0 saturated carbocycles. The average molecular weight is 164 g/mol. The molecule has 1 amide bonds. The SMILES string of the molecule is NC(=O)c1ccccc1C([O])=O. The van der Waals surface area contributed by atoms with Crippen LogP contribution in [0.4, 0.5) is 0 Å². The Morgan fingerprint density at radius 2 is 1.58 bits per heavy atom. The van der Waals surface area contributed by atoms with Crippen LogP contribution >= 0.6 is 0 Å². The van der Waals surface area contributed by atoms with Crippen molar-refractivity contribution in [2.45, 2.75) is 0 Å². The summed E-state index contributed by atoms with van der Waals surface area (Å²) in [4.78, 5) is 21.1. The Morgan fingerprint density at radius 1 is 1.08 bits per heavy atom. The molecule has 0 atom stereocenters.